The summed E-state index contributed by atoms with van der Waals surface area (Å²) in [7, 11) is 4.97. The van der Waals surface area contributed by atoms with E-state index in [4.69, 9.17) is 10.6 Å². The van der Waals surface area contributed by atoms with E-state index in [-0.39, 0.29) is 5.84 Å². The van der Waals surface area contributed by atoms with Gasteiger partial charge in [-0.1, -0.05) is 12.1 Å². The number of carbonyl (C=O) groups excluding carboxylic acids is 1. The fourth-order valence-electron chi connectivity index (χ4n) is 1.25. The average Bonchev–Trinajstić information content (AvgIpc) is 2.35. The summed E-state index contributed by atoms with van der Waals surface area (Å²) in [5, 5.41) is 0. The van der Waals surface area contributed by atoms with E-state index in [0.717, 1.165) is 0 Å². The van der Waals surface area contributed by atoms with Crippen LogP contribution in [0.5, 0.6) is 5.75 Å². The SMILES string of the molecule is COc1ccccc1N=C(C(=O)NN)N(C)C. The van der Waals surface area contributed by atoms with Crippen molar-refractivity contribution >= 4 is 17.4 Å². The molecule has 0 fully saturated rings. The van der Waals surface area contributed by atoms with Crippen LogP contribution in [0.4, 0.5) is 5.69 Å². The molecule has 3 N–H and O–H groups in total. The number of nitrogens with zero attached hydrogens (tertiary/aromatic N) is 2. The molecule has 92 valence electrons. The van der Waals surface area contributed by atoms with Crippen molar-refractivity contribution in [3.63, 3.8) is 0 Å². The molecule has 0 spiro atoms. The lowest BCUT2D eigenvalue weighted by Crippen LogP contribution is -2.42. The smallest absolute Gasteiger partial charge is 0.300 e. The number of rotatable bonds is 2. The molecule has 0 saturated carbocycles. The number of hydrazine groups is 1. The highest BCUT2D eigenvalue weighted by atomic mass is 16.5. The number of methoxy groups -OCH3 is 1. The summed E-state index contributed by atoms with van der Waals surface area (Å²) in [5.74, 6) is 5.44. The number of amides is 1. The minimum Gasteiger partial charge on any atom is -0.494 e. The molecule has 17 heavy (non-hydrogen) atoms. The quantitative estimate of drug-likeness (QED) is 0.254. The number of benzene rings is 1. The van der Waals surface area contributed by atoms with Crippen molar-refractivity contribution in [1.82, 2.24) is 10.3 Å². The number of aliphatic imine (C=N–C) groups is 1. The molecule has 0 aromatic heterocycles. The molecule has 0 saturated heterocycles. The summed E-state index contributed by atoms with van der Waals surface area (Å²) in [4.78, 5) is 17.3. The molecule has 6 heteroatoms. The van der Waals surface area contributed by atoms with Crippen LogP contribution in [0.1, 0.15) is 0 Å². The Morgan fingerprint density at radius 3 is 2.59 bits per heavy atom. The Kier molecular flexibility index (Phi) is 4.47. The van der Waals surface area contributed by atoms with E-state index in [9.17, 15) is 4.79 Å². The van der Waals surface area contributed by atoms with Crippen molar-refractivity contribution in [3.8, 4) is 5.75 Å². The number of amidine groups is 1. The van der Waals surface area contributed by atoms with E-state index in [0.29, 0.717) is 11.4 Å². The van der Waals surface area contributed by atoms with Gasteiger partial charge in [-0.3, -0.25) is 10.2 Å². The first-order valence-electron chi connectivity index (χ1n) is 5.00. The first kappa shape index (κ1) is 13.0. The van der Waals surface area contributed by atoms with Gasteiger partial charge in [0.15, 0.2) is 5.84 Å². The number of nitrogens with one attached hydrogen (secondary N) is 1. The van der Waals surface area contributed by atoms with Gasteiger partial charge in [0.05, 0.1) is 7.11 Å². The highest BCUT2D eigenvalue weighted by Gasteiger charge is 2.13. The molecule has 0 aliphatic carbocycles. The lowest BCUT2D eigenvalue weighted by molar-refractivity contribution is -0.115. The Morgan fingerprint density at radius 1 is 1.41 bits per heavy atom. The lowest BCUT2D eigenvalue weighted by Gasteiger charge is -2.14. The van der Waals surface area contributed by atoms with Crippen molar-refractivity contribution in [2.24, 2.45) is 10.8 Å². The summed E-state index contributed by atoms with van der Waals surface area (Å²) in [6, 6.07) is 7.17. The van der Waals surface area contributed by atoms with Gasteiger partial charge in [0.1, 0.15) is 11.4 Å². The fraction of sp³-hybridized carbons (Fsp3) is 0.273. The van der Waals surface area contributed by atoms with E-state index in [1.54, 1.807) is 38.2 Å². The van der Waals surface area contributed by atoms with Gasteiger partial charge in [0, 0.05) is 14.1 Å². The van der Waals surface area contributed by atoms with Crippen LogP contribution in [0.25, 0.3) is 0 Å². The Bertz CT molecular complexity index is 429. The highest BCUT2D eigenvalue weighted by Crippen LogP contribution is 2.26. The number of carbonyl (C=O) groups is 1. The van der Waals surface area contributed by atoms with Crippen LogP contribution < -0.4 is 16.0 Å². The molecular weight excluding hydrogens is 220 g/mol. The molecule has 1 aromatic carbocycles. The van der Waals surface area contributed by atoms with Crippen LogP contribution in [0.15, 0.2) is 29.3 Å². The van der Waals surface area contributed by atoms with E-state index in [1.807, 2.05) is 12.1 Å². The molecule has 0 atom stereocenters. The summed E-state index contributed by atoms with van der Waals surface area (Å²) >= 11 is 0. The Morgan fingerprint density at radius 2 is 2.06 bits per heavy atom. The number of likely N-dealkylation sites (N-methyl/N-ethyl adjacent to an activating group) is 1. The molecule has 1 aromatic rings. The molecule has 6 nitrogen and oxygen atoms in total. The van der Waals surface area contributed by atoms with Crippen LogP contribution in [-0.2, 0) is 4.79 Å². The van der Waals surface area contributed by atoms with Crippen LogP contribution in [0.3, 0.4) is 0 Å². The third-order valence-corrected chi connectivity index (χ3v) is 2.07. The Balaban J connectivity index is 3.17. The standard InChI is InChI=1S/C11H16N4O2/c1-15(2)10(11(16)14-12)13-8-6-4-5-7-9(8)17-3/h4-7H,12H2,1-3H3,(H,14,16). The van der Waals surface area contributed by atoms with Crippen molar-refractivity contribution in [2.75, 3.05) is 21.2 Å². The zero-order valence-corrected chi connectivity index (χ0v) is 10.1. The second-order valence-electron chi connectivity index (χ2n) is 3.48. The topological polar surface area (TPSA) is 79.9 Å². The minimum atomic E-state index is -0.457. The molecule has 0 heterocycles. The van der Waals surface area contributed by atoms with E-state index >= 15 is 0 Å². The number of hydrogen-bond donors (Lipinski definition) is 2. The average molecular weight is 236 g/mol. The van der Waals surface area contributed by atoms with Crippen molar-refractivity contribution in [3.05, 3.63) is 24.3 Å². The normalized spacial score (nSPS) is 10.9. The van der Waals surface area contributed by atoms with Gasteiger partial charge in [-0.05, 0) is 12.1 Å². The monoisotopic (exact) mass is 236 g/mol. The van der Waals surface area contributed by atoms with Gasteiger partial charge in [0.25, 0.3) is 0 Å². The van der Waals surface area contributed by atoms with Gasteiger partial charge in [-0.2, -0.15) is 0 Å². The number of para-hydroxylation sites is 2. The first-order valence-corrected chi connectivity index (χ1v) is 5.00. The molecule has 0 radical (unpaired) electrons. The van der Waals surface area contributed by atoms with E-state index < -0.39 is 5.91 Å². The van der Waals surface area contributed by atoms with Crippen LogP contribution in [0, 0.1) is 0 Å². The lowest BCUT2D eigenvalue weighted by atomic mass is 10.3. The predicted molar refractivity (Wildman–Crippen MR) is 66.1 cm³/mol. The van der Waals surface area contributed by atoms with Crippen molar-refractivity contribution < 1.29 is 9.53 Å². The van der Waals surface area contributed by atoms with Crippen LogP contribution >= 0.6 is 0 Å². The number of ether oxygens (including phenoxy) is 1. The Hall–Kier alpha value is -2.08. The molecule has 1 amide bonds. The minimum absolute atomic E-state index is 0.206. The van der Waals surface area contributed by atoms with Crippen molar-refractivity contribution in [2.45, 2.75) is 0 Å². The maximum Gasteiger partial charge on any atom is 0.300 e. The van der Waals surface area contributed by atoms with Gasteiger partial charge in [0.2, 0.25) is 0 Å². The summed E-state index contributed by atoms with van der Waals surface area (Å²) in [5.41, 5.74) is 2.62. The second-order valence-corrected chi connectivity index (χ2v) is 3.48. The first-order chi connectivity index (χ1) is 8.10. The second kappa shape index (κ2) is 5.86. The van der Waals surface area contributed by atoms with Gasteiger partial charge < -0.3 is 9.64 Å². The molecule has 0 bridgehead atoms. The molecular formula is C11H16N4O2. The molecule has 0 unspecified atom stereocenters. The number of nitrogens with two attached hydrogens (primary N) is 1. The largest absolute Gasteiger partial charge is 0.494 e. The van der Waals surface area contributed by atoms with E-state index in [2.05, 4.69) is 10.4 Å². The predicted octanol–water partition coefficient (Wildman–Crippen LogP) is 0.277. The zero-order chi connectivity index (χ0) is 12.8. The van der Waals surface area contributed by atoms with Crippen LogP contribution in [-0.4, -0.2) is 37.8 Å². The van der Waals surface area contributed by atoms with Gasteiger partial charge in [-0.15, -0.1) is 0 Å². The van der Waals surface area contributed by atoms with Gasteiger partial charge >= 0.3 is 5.91 Å². The maximum absolute atomic E-state index is 11.5. The van der Waals surface area contributed by atoms with Crippen molar-refractivity contribution in [1.29, 1.82) is 0 Å². The Labute approximate surface area is 100 Å². The zero-order valence-electron chi connectivity index (χ0n) is 10.1. The fourth-order valence-corrected chi connectivity index (χ4v) is 1.25. The molecule has 0 aliphatic rings. The summed E-state index contributed by atoms with van der Waals surface area (Å²) in [6.45, 7) is 0. The highest BCUT2D eigenvalue weighted by molar-refractivity contribution is 6.38. The van der Waals surface area contributed by atoms with Crippen LogP contribution in [0.2, 0.25) is 0 Å². The summed E-state index contributed by atoms with van der Waals surface area (Å²) in [6.07, 6.45) is 0. The van der Waals surface area contributed by atoms with E-state index in [1.165, 1.54) is 0 Å². The summed E-state index contributed by atoms with van der Waals surface area (Å²) < 4.78 is 5.15. The number of hydrogen-bond acceptors (Lipinski definition) is 4. The third kappa shape index (κ3) is 3.18. The maximum atomic E-state index is 11.5. The third-order valence-electron chi connectivity index (χ3n) is 2.07. The molecule has 0 aliphatic heterocycles. The van der Waals surface area contributed by atoms with Gasteiger partial charge in [-0.25, -0.2) is 10.8 Å². The molecule has 1 rings (SSSR count).